The Morgan fingerprint density at radius 2 is 1.83 bits per heavy atom. The molecule has 138 valence electrons. The number of carboxylic acid groups (broad SMARTS) is 1. The van der Waals surface area contributed by atoms with Gasteiger partial charge in [0.2, 0.25) is 5.91 Å². The minimum Gasteiger partial charge on any atom is -0.480 e. The number of hydrogen-bond acceptors (Lipinski definition) is 4. The van der Waals surface area contributed by atoms with Crippen LogP contribution in [0.2, 0.25) is 0 Å². The number of rotatable bonds is 9. The summed E-state index contributed by atoms with van der Waals surface area (Å²) in [6.45, 7) is 10.6. The summed E-state index contributed by atoms with van der Waals surface area (Å²) < 4.78 is 0. The number of amides is 1. The van der Waals surface area contributed by atoms with Crippen molar-refractivity contribution in [1.29, 1.82) is 0 Å². The number of carboxylic acids is 1. The Hall–Kier alpha value is -1.37. The molecule has 0 aromatic carbocycles. The third-order valence-electron chi connectivity index (χ3n) is 4.21. The first-order valence-electron chi connectivity index (χ1n) is 8.11. The standard InChI is InChI=1S/C17H29N3O3.ClH/c1-4-9-20(10-5-2)16(21)13-19-11-6-7-15(8-12-19)18(3)14-17(22)23;/h4-5,15H,1-2,6-14H2,3H3,(H,22,23);1H. The molecule has 1 unspecified atom stereocenters. The van der Waals surface area contributed by atoms with E-state index in [1.54, 1.807) is 17.1 Å². The molecule has 0 aromatic heterocycles. The summed E-state index contributed by atoms with van der Waals surface area (Å²) >= 11 is 0. The highest BCUT2D eigenvalue weighted by Crippen LogP contribution is 2.15. The van der Waals surface area contributed by atoms with Crippen molar-refractivity contribution >= 4 is 24.3 Å². The van der Waals surface area contributed by atoms with Crippen LogP contribution < -0.4 is 0 Å². The van der Waals surface area contributed by atoms with Gasteiger partial charge in [0.05, 0.1) is 13.1 Å². The number of carbonyl (C=O) groups excluding carboxylic acids is 1. The van der Waals surface area contributed by atoms with Gasteiger partial charge in [0.25, 0.3) is 0 Å². The molecule has 1 atom stereocenters. The first kappa shape index (κ1) is 22.6. The summed E-state index contributed by atoms with van der Waals surface area (Å²) in [6.07, 6.45) is 6.28. The van der Waals surface area contributed by atoms with Crippen molar-refractivity contribution in [2.24, 2.45) is 0 Å². The summed E-state index contributed by atoms with van der Waals surface area (Å²) in [4.78, 5) is 29.0. The fraction of sp³-hybridized carbons (Fsp3) is 0.647. The van der Waals surface area contributed by atoms with Crippen molar-refractivity contribution in [3.05, 3.63) is 25.3 Å². The SMILES string of the molecule is C=CCN(CC=C)C(=O)CN1CCCC(N(C)CC(=O)O)CC1.Cl. The molecule has 7 heteroatoms. The zero-order chi connectivity index (χ0) is 17.2. The van der Waals surface area contributed by atoms with Gasteiger partial charge in [-0.2, -0.15) is 0 Å². The van der Waals surface area contributed by atoms with E-state index in [-0.39, 0.29) is 30.9 Å². The van der Waals surface area contributed by atoms with Crippen LogP contribution in [0.5, 0.6) is 0 Å². The van der Waals surface area contributed by atoms with Crippen LogP contribution in [-0.2, 0) is 9.59 Å². The third kappa shape index (κ3) is 7.95. The Balaban J connectivity index is 0.00000529. The number of likely N-dealkylation sites (N-methyl/N-ethyl adjacent to an activating group) is 1. The highest BCUT2D eigenvalue weighted by Gasteiger charge is 2.23. The first-order valence-corrected chi connectivity index (χ1v) is 8.11. The average Bonchev–Trinajstić information content (AvgIpc) is 2.72. The lowest BCUT2D eigenvalue weighted by Crippen LogP contribution is -2.41. The van der Waals surface area contributed by atoms with Crippen molar-refractivity contribution in [1.82, 2.24) is 14.7 Å². The number of aliphatic carboxylic acids is 1. The number of hydrogen-bond donors (Lipinski definition) is 1. The summed E-state index contributed by atoms with van der Waals surface area (Å²) in [7, 11) is 1.86. The molecule has 0 aromatic rings. The largest absolute Gasteiger partial charge is 0.480 e. The van der Waals surface area contributed by atoms with Gasteiger partial charge in [-0.15, -0.1) is 25.6 Å². The quantitative estimate of drug-likeness (QED) is 0.632. The van der Waals surface area contributed by atoms with Crippen LogP contribution in [0.15, 0.2) is 25.3 Å². The molecular weight excluding hydrogens is 330 g/mol. The van der Waals surface area contributed by atoms with Gasteiger partial charge >= 0.3 is 5.97 Å². The summed E-state index contributed by atoms with van der Waals surface area (Å²) in [5.41, 5.74) is 0. The Kier molecular flexibility index (Phi) is 11.4. The van der Waals surface area contributed by atoms with Gasteiger partial charge < -0.3 is 10.0 Å². The highest BCUT2D eigenvalue weighted by molar-refractivity contribution is 5.85. The highest BCUT2D eigenvalue weighted by atomic mass is 35.5. The van der Waals surface area contributed by atoms with Gasteiger partial charge in [-0.25, -0.2) is 0 Å². The van der Waals surface area contributed by atoms with Crippen LogP contribution in [-0.4, -0.2) is 84.0 Å². The molecule has 1 N–H and O–H groups in total. The van der Waals surface area contributed by atoms with E-state index in [1.165, 1.54) is 0 Å². The molecule has 6 nitrogen and oxygen atoms in total. The number of nitrogens with zero attached hydrogens (tertiary/aromatic N) is 3. The maximum absolute atomic E-state index is 12.4. The van der Waals surface area contributed by atoms with E-state index >= 15 is 0 Å². The predicted octanol–water partition coefficient (Wildman–Crippen LogP) is 1.48. The van der Waals surface area contributed by atoms with Crippen LogP contribution in [0, 0.1) is 0 Å². The molecule has 1 amide bonds. The van der Waals surface area contributed by atoms with E-state index in [4.69, 9.17) is 5.11 Å². The monoisotopic (exact) mass is 359 g/mol. The maximum Gasteiger partial charge on any atom is 0.317 e. The maximum atomic E-state index is 12.4. The molecule has 0 aliphatic carbocycles. The zero-order valence-electron chi connectivity index (χ0n) is 14.5. The van der Waals surface area contributed by atoms with Gasteiger partial charge in [-0.1, -0.05) is 12.2 Å². The van der Waals surface area contributed by atoms with Gasteiger partial charge in [-0.05, 0) is 32.9 Å². The van der Waals surface area contributed by atoms with E-state index in [1.807, 2.05) is 11.9 Å². The van der Waals surface area contributed by atoms with Crippen molar-refractivity contribution in [3.8, 4) is 0 Å². The molecule has 1 aliphatic heterocycles. The Morgan fingerprint density at radius 3 is 2.38 bits per heavy atom. The van der Waals surface area contributed by atoms with Crippen molar-refractivity contribution in [2.45, 2.75) is 25.3 Å². The van der Waals surface area contributed by atoms with E-state index in [0.717, 1.165) is 32.4 Å². The minimum atomic E-state index is -0.798. The molecular formula is C17H30ClN3O3. The molecule has 0 bridgehead atoms. The molecule has 1 fully saturated rings. The van der Waals surface area contributed by atoms with Crippen LogP contribution in [0.25, 0.3) is 0 Å². The Morgan fingerprint density at radius 1 is 1.21 bits per heavy atom. The molecule has 0 saturated carbocycles. The van der Waals surface area contributed by atoms with E-state index in [2.05, 4.69) is 18.1 Å². The summed E-state index contributed by atoms with van der Waals surface area (Å²) in [5.74, 6) is -0.713. The first-order chi connectivity index (χ1) is 11.0. The number of carbonyl (C=O) groups is 2. The summed E-state index contributed by atoms with van der Waals surface area (Å²) in [5, 5.41) is 8.90. The Labute approximate surface area is 151 Å². The lowest BCUT2D eigenvalue weighted by Gasteiger charge is -2.26. The van der Waals surface area contributed by atoms with E-state index in [0.29, 0.717) is 19.6 Å². The van der Waals surface area contributed by atoms with Gasteiger partial charge in [0.1, 0.15) is 0 Å². The molecule has 0 spiro atoms. The lowest BCUT2D eigenvalue weighted by molar-refractivity contribution is -0.138. The molecule has 1 rings (SSSR count). The van der Waals surface area contributed by atoms with Gasteiger partial charge in [0.15, 0.2) is 0 Å². The van der Waals surface area contributed by atoms with Crippen LogP contribution in [0.3, 0.4) is 0 Å². The second-order valence-electron chi connectivity index (χ2n) is 6.05. The van der Waals surface area contributed by atoms with Gasteiger partial charge in [-0.3, -0.25) is 19.4 Å². The smallest absolute Gasteiger partial charge is 0.317 e. The van der Waals surface area contributed by atoms with Crippen LogP contribution >= 0.6 is 12.4 Å². The van der Waals surface area contributed by atoms with Gasteiger partial charge in [0, 0.05) is 25.7 Å². The minimum absolute atomic E-state index is 0. The number of halogens is 1. The van der Waals surface area contributed by atoms with Crippen LogP contribution in [0.1, 0.15) is 19.3 Å². The zero-order valence-corrected chi connectivity index (χ0v) is 15.3. The van der Waals surface area contributed by atoms with Crippen LogP contribution in [0.4, 0.5) is 0 Å². The van der Waals surface area contributed by atoms with E-state index < -0.39 is 5.97 Å². The normalized spacial score (nSPS) is 18.3. The molecule has 1 aliphatic rings. The molecule has 1 heterocycles. The van der Waals surface area contributed by atoms with Crippen molar-refractivity contribution in [2.75, 3.05) is 46.3 Å². The predicted molar refractivity (Wildman–Crippen MR) is 98.6 cm³/mol. The lowest BCUT2D eigenvalue weighted by atomic mass is 10.1. The topological polar surface area (TPSA) is 64.1 Å². The average molecular weight is 360 g/mol. The second kappa shape index (κ2) is 12.1. The third-order valence-corrected chi connectivity index (χ3v) is 4.21. The fourth-order valence-corrected chi connectivity index (χ4v) is 2.96. The molecule has 0 radical (unpaired) electrons. The molecule has 24 heavy (non-hydrogen) atoms. The van der Waals surface area contributed by atoms with Crippen molar-refractivity contribution < 1.29 is 14.7 Å². The van der Waals surface area contributed by atoms with Crippen molar-refractivity contribution in [3.63, 3.8) is 0 Å². The summed E-state index contributed by atoms with van der Waals surface area (Å²) in [6, 6.07) is 0.267. The number of likely N-dealkylation sites (tertiary alicyclic amines) is 1. The fourth-order valence-electron chi connectivity index (χ4n) is 2.96. The van der Waals surface area contributed by atoms with E-state index in [9.17, 15) is 9.59 Å². The Bertz CT molecular complexity index is 421. The second-order valence-corrected chi connectivity index (χ2v) is 6.05. The molecule has 1 saturated heterocycles.